The van der Waals surface area contributed by atoms with Crippen molar-refractivity contribution in [2.75, 3.05) is 31.2 Å². The Hall–Kier alpha value is -2.42. The Bertz CT molecular complexity index is 957. The summed E-state index contributed by atoms with van der Waals surface area (Å²) >= 11 is 0. The van der Waals surface area contributed by atoms with Crippen molar-refractivity contribution in [1.82, 2.24) is 10.2 Å². The number of urea groups is 1. The molecule has 1 saturated carbocycles. The first-order chi connectivity index (χ1) is 15.2. The zero-order valence-corrected chi connectivity index (χ0v) is 19.2. The molecule has 0 unspecified atom stereocenters. The molecular weight excluding hydrogens is 435 g/mol. The van der Waals surface area contributed by atoms with Crippen LogP contribution >= 0.6 is 0 Å². The van der Waals surface area contributed by atoms with Gasteiger partial charge in [-0.05, 0) is 48.8 Å². The third-order valence-corrected chi connectivity index (χ3v) is 7.80. The number of carbonyl (C=O) groups excluding carboxylic acids is 2. The van der Waals surface area contributed by atoms with E-state index in [9.17, 15) is 22.4 Å². The minimum atomic E-state index is -3.33. The first-order valence-electron chi connectivity index (χ1n) is 11.1. The van der Waals surface area contributed by atoms with Crippen LogP contribution in [-0.2, 0) is 14.6 Å². The van der Waals surface area contributed by atoms with E-state index in [-0.39, 0.29) is 42.2 Å². The molecule has 7 nitrogen and oxygen atoms in total. The van der Waals surface area contributed by atoms with E-state index in [1.165, 1.54) is 23.8 Å². The van der Waals surface area contributed by atoms with Gasteiger partial charge >= 0.3 is 6.03 Å². The number of halogens is 1. The number of benzene rings is 1. The number of amides is 3. The predicted molar refractivity (Wildman–Crippen MR) is 120 cm³/mol. The summed E-state index contributed by atoms with van der Waals surface area (Å²) < 4.78 is 44.9. The number of imide groups is 1. The Labute approximate surface area is 188 Å². The molecular formula is C23H31FN2O5S. The van der Waals surface area contributed by atoms with Crippen LogP contribution in [0.5, 0.6) is 5.75 Å². The van der Waals surface area contributed by atoms with Crippen molar-refractivity contribution < 1.29 is 27.1 Å². The van der Waals surface area contributed by atoms with E-state index in [1.807, 2.05) is 6.92 Å². The van der Waals surface area contributed by atoms with Crippen molar-refractivity contribution in [3.8, 4) is 5.75 Å². The van der Waals surface area contributed by atoms with E-state index in [0.29, 0.717) is 18.9 Å². The average Bonchev–Trinajstić information content (AvgIpc) is 3.35. The maximum Gasteiger partial charge on any atom is 0.324 e. The minimum absolute atomic E-state index is 0.0169. The Morgan fingerprint density at radius 3 is 2.69 bits per heavy atom. The number of nitrogens with zero attached hydrogens (tertiary/aromatic N) is 1. The molecule has 3 rings (SSSR count). The molecule has 0 radical (unpaired) electrons. The Morgan fingerprint density at radius 1 is 1.25 bits per heavy atom. The lowest BCUT2D eigenvalue weighted by atomic mass is 10.0. The van der Waals surface area contributed by atoms with Gasteiger partial charge in [-0.15, -0.1) is 0 Å². The minimum Gasteiger partial charge on any atom is -0.490 e. The highest BCUT2D eigenvalue weighted by molar-refractivity contribution is 7.91. The predicted octanol–water partition coefficient (Wildman–Crippen LogP) is 3.41. The van der Waals surface area contributed by atoms with E-state index >= 15 is 0 Å². The topological polar surface area (TPSA) is 92.8 Å². The fraction of sp³-hybridized carbons (Fsp3) is 0.565. The summed E-state index contributed by atoms with van der Waals surface area (Å²) in [6.07, 6.45) is 8.29. The van der Waals surface area contributed by atoms with E-state index in [2.05, 4.69) is 5.32 Å². The smallest absolute Gasteiger partial charge is 0.324 e. The third-order valence-electron chi connectivity index (χ3n) is 5.93. The summed E-state index contributed by atoms with van der Waals surface area (Å²) in [6, 6.07) is 4.13. The van der Waals surface area contributed by atoms with Gasteiger partial charge in [0.1, 0.15) is 6.54 Å². The second-order valence-corrected chi connectivity index (χ2v) is 10.9. The molecule has 176 valence electrons. The second-order valence-electron chi connectivity index (χ2n) is 8.66. The molecule has 9 heteroatoms. The highest BCUT2D eigenvalue weighted by Gasteiger charge is 2.25. The van der Waals surface area contributed by atoms with Crippen LogP contribution in [0.1, 0.15) is 50.5 Å². The average molecular weight is 467 g/mol. The van der Waals surface area contributed by atoms with Gasteiger partial charge in [0, 0.05) is 6.54 Å². The van der Waals surface area contributed by atoms with Crippen LogP contribution in [0.2, 0.25) is 0 Å². The normalized spacial score (nSPS) is 18.5. The highest BCUT2D eigenvalue weighted by Crippen LogP contribution is 2.29. The van der Waals surface area contributed by atoms with Crippen LogP contribution < -0.4 is 10.1 Å². The fourth-order valence-electron chi connectivity index (χ4n) is 4.08. The van der Waals surface area contributed by atoms with Crippen molar-refractivity contribution in [2.45, 2.75) is 44.9 Å². The van der Waals surface area contributed by atoms with Gasteiger partial charge in [-0.3, -0.25) is 10.1 Å². The monoisotopic (exact) mass is 466 g/mol. The summed E-state index contributed by atoms with van der Waals surface area (Å²) in [5.41, 5.74) is 0.733. The lowest BCUT2D eigenvalue weighted by Gasteiger charge is -2.16. The molecule has 2 fully saturated rings. The van der Waals surface area contributed by atoms with Gasteiger partial charge in [-0.25, -0.2) is 17.6 Å². The van der Waals surface area contributed by atoms with Crippen molar-refractivity contribution >= 4 is 21.8 Å². The van der Waals surface area contributed by atoms with Crippen molar-refractivity contribution in [3.63, 3.8) is 0 Å². The van der Waals surface area contributed by atoms with Crippen molar-refractivity contribution in [2.24, 2.45) is 5.92 Å². The summed E-state index contributed by atoms with van der Waals surface area (Å²) in [7, 11) is -3.33. The number of rotatable bonds is 11. The second kappa shape index (κ2) is 10.9. The zero-order chi connectivity index (χ0) is 23.1. The number of carbonyl (C=O) groups is 2. The molecule has 0 aromatic heterocycles. The number of allylic oxidation sites excluding steroid dienone is 1. The molecule has 1 heterocycles. The van der Waals surface area contributed by atoms with Crippen LogP contribution in [0, 0.1) is 11.7 Å². The molecule has 1 aliphatic carbocycles. The van der Waals surface area contributed by atoms with Gasteiger partial charge in [0.2, 0.25) is 5.91 Å². The summed E-state index contributed by atoms with van der Waals surface area (Å²) in [6.45, 7) is 2.58. The van der Waals surface area contributed by atoms with Gasteiger partial charge < -0.3 is 9.64 Å². The van der Waals surface area contributed by atoms with E-state index in [4.69, 9.17) is 4.74 Å². The molecule has 1 atom stereocenters. The van der Waals surface area contributed by atoms with Gasteiger partial charge in [-0.2, -0.15) is 0 Å². The molecule has 0 bridgehead atoms. The first kappa shape index (κ1) is 24.2. The summed E-state index contributed by atoms with van der Waals surface area (Å²) in [5.74, 6) is -0.482. The molecule has 1 aromatic carbocycles. The van der Waals surface area contributed by atoms with Crippen LogP contribution in [-0.4, -0.2) is 56.5 Å². The third kappa shape index (κ3) is 7.05. The number of sulfone groups is 1. The highest BCUT2D eigenvalue weighted by atomic mass is 32.2. The van der Waals surface area contributed by atoms with E-state index in [0.717, 1.165) is 18.4 Å². The number of hydrogen-bond donors (Lipinski definition) is 1. The Kier molecular flexibility index (Phi) is 8.28. The first-order valence-corrected chi connectivity index (χ1v) is 12.9. The summed E-state index contributed by atoms with van der Waals surface area (Å²) in [4.78, 5) is 23.9. The van der Waals surface area contributed by atoms with Crippen molar-refractivity contribution in [1.29, 1.82) is 0 Å². The van der Waals surface area contributed by atoms with Gasteiger partial charge in [0.15, 0.2) is 21.4 Å². The summed E-state index contributed by atoms with van der Waals surface area (Å²) in [5, 5.41) is 2.18. The van der Waals surface area contributed by atoms with E-state index in [1.54, 1.807) is 24.3 Å². The molecule has 2 aliphatic rings. The Morgan fingerprint density at radius 2 is 2.00 bits per heavy atom. The van der Waals surface area contributed by atoms with Gasteiger partial charge in [0.25, 0.3) is 0 Å². The molecule has 1 N–H and O–H groups in total. The van der Waals surface area contributed by atoms with Crippen molar-refractivity contribution in [3.05, 3.63) is 41.7 Å². The SMILES string of the molecule is C[C@@H](CS(=O)(=O)CC/C=C/CN1CC(=O)NC1=O)c1ccc(F)c(OCC2CCCC2)c1. The molecule has 1 aliphatic heterocycles. The zero-order valence-electron chi connectivity index (χ0n) is 18.4. The van der Waals surface area contributed by atoms with Gasteiger partial charge in [0.05, 0.1) is 18.1 Å². The largest absolute Gasteiger partial charge is 0.490 e. The molecule has 1 aromatic rings. The molecule has 1 saturated heterocycles. The number of nitrogens with one attached hydrogen (secondary N) is 1. The number of ether oxygens (including phenoxy) is 1. The molecule has 3 amide bonds. The molecule has 0 spiro atoms. The quantitative estimate of drug-likeness (QED) is 0.399. The lowest BCUT2D eigenvalue weighted by Crippen LogP contribution is -2.28. The maximum atomic E-state index is 14.1. The van der Waals surface area contributed by atoms with Gasteiger partial charge in [-0.1, -0.05) is 38.0 Å². The standard InChI is InChI=1S/C23H31FN2O5S/c1-17(19-9-10-20(24)21(13-19)31-15-18-7-3-4-8-18)16-32(29,30)12-6-2-5-11-26-14-22(27)25-23(26)28/h2,5,9-10,13,17-18H,3-4,6-8,11-12,14-16H2,1H3,(H,25,27,28)/b5-2+/t17-/m0/s1. The lowest BCUT2D eigenvalue weighted by molar-refractivity contribution is -0.118. The molecule has 32 heavy (non-hydrogen) atoms. The number of hydrogen-bond acceptors (Lipinski definition) is 5. The van der Waals surface area contributed by atoms with E-state index < -0.39 is 21.7 Å². The Balaban J connectivity index is 1.47. The van der Waals surface area contributed by atoms with Crippen LogP contribution in [0.15, 0.2) is 30.4 Å². The maximum absolute atomic E-state index is 14.1. The van der Waals surface area contributed by atoms with Crippen LogP contribution in [0.4, 0.5) is 9.18 Å². The van der Waals surface area contributed by atoms with Crippen LogP contribution in [0.3, 0.4) is 0 Å². The fourth-order valence-corrected chi connectivity index (χ4v) is 5.70. The van der Waals surface area contributed by atoms with Crippen LogP contribution in [0.25, 0.3) is 0 Å².